The number of benzene rings is 3. The van der Waals surface area contributed by atoms with E-state index < -0.39 is 11.2 Å². The molecule has 0 spiro atoms. The van der Waals surface area contributed by atoms with E-state index in [2.05, 4.69) is 0 Å². The van der Waals surface area contributed by atoms with E-state index in [-0.39, 0.29) is 33.5 Å². The van der Waals surface area contributed by atoms with E-state index in [9.17, 15) is 19.1 Å². The Bertz CT molecular complexity index is 1670. The number of rotatable bonds is 3. The van der Waals surface area contributed by atoms with Crippen LogP contribution in [-0.2, 0) is 6.42 Å². The lowest BCUT2D eigenvalue weighted by Gasteiger charge is -2.17. The molecule has 0 radical (unpaired) electrons. The van der Waals surface area contributed by atoms with Crippen molar-refractivity contribution in [1.82, 2.24) is 4.57 Å². The third kappa shape index (κ3) is 3.00. The minimum absolute atomic E-state index is 0.0355. The highest BCUT2D eigenvalue weighted by atomic mass is 32.2. The average Bonchev–Trinajstić information content (AvgIpc) is 3.22. The summed E-state index contributed by atoms with van der Waals surface area (Å²) in [5.74, 6) is -0.742. The molecule has 33 heavy (non-hydrogen) atoms. The van der Waals surface area contributed by atoms with Crippen LogP contribution in [0.3, 0.4) is 0 Å². The molecule has 0 amide bonds. The zero-order valence-corrected chi connectivity index (χ0v) is 17.9. The molecular formula is C26H16FNO4S. The maximum atomic E-state index is 13.8. The van der Waals surface area contributed by atoms with Gasteiger partial charge in [0.25, 0.3) is 5.56 Å². The summed E-state index contributed by atoms with van der Waals surface area (Å²) in [6, 6.07) is 20.3. The van der Waals surface area contributed by atoms with Crippen molar-refractivity contribution in [3.05, 3.63) is 111 Å². The molecule has 1 aliphatic rings. The van der Waals surface area contributed by atoms with Crippen LogP contribution >= 0.6 is 11.8 Å². The van der Waals surface area contributed by atoms with Crippen LogP contribution in [0.15, 0.2) is 96.6 Å². The molecule has 1 atom stereocenters. The first-order valence-electron chi connectivity index (χ1n) is 10.4. The van der Waals surface area contributed by atoms with Crippen LogP contribution in [0.2, 0.25) is 0 Å². The van der Waals surface area contributed by atoms with Crippen molar-refractivity contribution in [3.8, 4) is 5.75 Å². The summed E-state index contributed by atoms with van der Waals surface area (Å²) in [6.45, 7) is 0. The fourth-order valence-corrected chi connectivity index (χ4v) is 5.44. The average molecular weight is 457 g/mol. The molecule has 162 valence electrons. The van der Waals surface area contributed by atoms with Crippen LogP contribution in [0.1, 0.15) is 17.2 Å². The van der Waals surface area contributed by atoms with Crippen molar-refractivity contribution < 1.29 is 13.9 Å². The number of hydrogen-bond donors (Lipinski definition) is 1. The number of aromatic hydroxyl groups is 1. The predicted octanol–water partition coefficient (Wildman–Crippen LogP) is 5.25. The van der Waals surface area contributed by atoms with Crippen LogP contribution in [-0.4, -0.2) is 9.67 Å². The second-order valence-electron chi connectivity index (χ2n) is 7.95. The zero-order chi connectivity index (χ0) is 22.7. The number of hydrogen-bond acceptors (Lipinski definition) is 5. The van der Waals surface area contributed by atoms with Crippen molar-refractivity contribution in [2.24, 2.45) is 0 Å². The van der Waals surface area contributed by atoms with Crippen molar-refractivity contribution in [3.63, 3.8) is 0 Å². The Morgan fingerprint density at radius 1 is 0.970 bits per heavy atom. The normalized spacial score (nSPS) is 14.9. The summed E-state index contributed by atoms with van der Waals surface area (Å²) >= 11 is 1.05. The van der Waals surface area contributed by atoms with Gasteiger partial charge in [-0.25, -0.2) is 9.18 Å². The summed E-state index contributed by atoms with van der Waals surface area (Å²) in [4.78, 5) is 27.3. The molecule has 5 nitrogen and oxygen atoms in total. The molecule has 0 bridgehead atoms. The van der Waals surface area contributed by atoms with Gasteiger partial charge in [0, 0.05) is 10.3 Å². The highest BCUT2D eigenvalue weighted by Crippen LogP contribution is 2.41. The van der Waals surface area contributed by atoms with Crippen molar-refractivity contribution in [2.45, 2.75) is 22.3 Å². The first-order chi connectivity index (χ1) is 16.0. The van der Waals surface area contributed by atoms with Gasteiger partial charge in [0.2, 0.25) is 0 Å². The summed E-state index contributed by atoms with van der Waals surface area (Å²) < 4.78 is 20.8. The Kier molecular flexibility index (Phi) is 4.41. The van der Waals surface area contributed by atoms with Gasteiger partial charge >= 0.3 is 5.63 Å². The lowest BCUT2D eigenvalue weighted by molar-refractivity contribution is 0.446. The van der Waals surface area contributed by atoms with E-state index in [1.54, 1.807) is 34.9 Å². The highest BCUT2D eigenvalue weighted by Gasteiger charge is 2.31. The predicted molar refractivity (Wildman–Crippen MR) is 125 cm³/mol. The van der Waals surface area contributed by atoms with Gasteiger partial charge in [-0.1, -0.05) is 54.2 Å². The molecule has 2 aromatic heterocycles. The van der Waals surface area contributed by atoms with Gasteiger partial charge in [-0.2, -0.15) is 0 Å². The molecule has 5 aromatic rings. The minimum Gasteiger partial charge on any atom is -0.505 e. The van der Waals surface area contributed by atoms with Crippen LogP contribution < -0.4 is 11.2 Å². The zero-order valence-electron chi connectivity index (χ0n) is 17.1. The van der Waals surface area contributed by atoms with Crippen LogP contribution in [0.5, 0.6) is 5.75 Å². The van der Waals surface area contributed by atoms with E-state index in [1.807, 2.05) is 30.3 Å². The van der Waals surface area contributed by atoms with E-state index in [1.165, 1.54) is 12.1 Å². The standard InChI is InChI=1S/C26H16FNO4S/c27-16-11-9-14(10-12-16)19-13-15-5-4-8-18-21(15)28(19)25(30)20-22(29)24(26(31)32-23(18)20)33-17-6-2-1-3-7-17/h1-12,19,29H,13H2. The molecule has 3 aromatic carbocycles. The summed E-state index contributed by atoms with van der Waals surface area (Å²) in [5, 5.41) is 11.7. The number of pyridine rings is 1. The molecule has 0 saturated heterocycles. The topological polar surface area (TPSA) is 72.4 Å². The number of aromatic nitrogens is 1. The SMILES string of the molecule is O=c1oc2c(c(O)c1Sc1ccccc1)c(=O)n1c3c(cccc23)CC1c1ccc(F)cc1. The maximum absolute atomic E-state index is 13.8. The van der Waals surface area contributed by atoms with Gasteiger partial charge in [-0.3, -0.25) is 9.36 Å². The lowest BCUT2D eigenvalue weighted by Crippen LogP contribution is -2.24. The Morgan fingerprint density at radius 3 is 2.48 bits per heavy atom. The molecule has 6 rings (SSSR count). The Balaban J connectivity index is 1.66. The quantitative estimate of drug-likeness (QED) is 0.375. The Labute approximate surface area is 190 Å². The number of para-hydroxylation sites is 1. The van der Waals surface area contributed by atoms with Crippen LogP contribution in [0.25, 0.3) is 21.9 Å². The number of nitrogens with zero attached hydrogens (tertiary/aromatic N) is 1. The Hall–Kier alpha value is -3.84. The second-order valence-corrected chi connectivity index (χ2v) is 9.03. The smallest absolute Gasteiger partial charge is 0.354 e. The van der Waals surface area contributed by atoms with E-state index >= 15 is 0 Å². The summed E-state index contributed by atoms with van der Waals surface area (Å²) in [6.07, 6.45) is 0.533. The van der Waals surface area contributed by atoms with Crippen molar-refractivity contribution in [1.29, 1.82) is 0 Å². The minimum atomic E-state index is -0.702. The fraction of sp³-hybridized carbons (Fsp3) is 0.0769. The summed E-state index contributed by atoms with van der Waals surface area (Å²) in [5.41, 5.74) is 1.29. The van der Waals surface area contributed by atoms with E-state index in [0.717, 1.165) is 27.8 Å². The van der Waals surface area contributed by atoms with Crippen molar-refractivity contribution in [2.75, 3.05) is 0 Å². The van der Waals surface area contributed by atoms with Gasteiger partial charge in [0.15, 0.2) is 11.3 Å². The van der Waals surface area contributed by atoms with Crippen LogP contribution in [0, 0.1) is 5.82 Å². The van der Waals surface area contributed by atoms with Gasteiger partial charge in [-0.15, -0.1) is 0 Å². The third-order valence-electron chi connectivity index (χ3n) is 6.04. The maximum Gasteiger partial charge on any atom is 0.354 e. The summed E-state index contributed by atoms with van der Waals surface area (Å²) in [7, 11) is 0. The first-order valence-corrected chi connectivity index (χ1v) is 11.2. The third-order valence-corrected chi connectivity index (χ3v) is 7.11. The van der Waals surface area contributed by atoms with Crippen LogP contribution in [0.4, 0.5) is 4.39 Å². The molecule has 0 fully saturated rings. The van der Waals surface area contributed by atoms with Gasteiger partial charge in [0.1, 0.15) is 16.1 Å². The van der Waals surface area contributed by atoms with Gasteiger partial charge in [-0.05, 0) is 47.9 Å². The fourth-order valence-electron chi connectivity index (χ4n) is 4.59. The molecule has 1 N–H and O–H groups in total. The molecule has 0 aliphatic carbocycles. The van der Waals surface area contributed by atoms with Crippen molar-refractivity contribution >= 4 is 33.6 Å². The Morgan fingerprint density at radius 2 is 1.73 bits per heavy atom. The molecule has 7 heteroatoms. The molecular weight excluding hydrogens is 441 g/mol. The largest absolute Gasteiger partial charge is 0.505 e. The van der Waals surface area contributed by atoms with Gasteiger partial charge in [0.05, 0.1) is 11.6 Å². The van der Waals surface area contributed by atoms with Gasteiger partial charge < -0.3 is 9.52 Å². The monoisotopic (exact) mass is 457 g/mol. The highest BCUT2D eigenvalue weighted by molar-refractivity contribution is 7.99. The number of fused-ring (bicyclic) bond motifs is 2. The number of halogens is 1. The van der Waals surface area contributed by atoms with E-state index in [4.69, 9.17) is 4.42 Å². The molecule has 3 heterocycles. The van der Waals surface area contributed by atoms with E-state index in [0.29, 0.717) is 17.3 Å². The lowest BCUT2D eigenvalue weighted by atomic mass is 10.0. The second kappa shape index (κ2) is 7.35. The molecule has 0 saturated carbocycles. The first kappa shape index (κ1) is 19.8. The molecule has 1 unspecified atom stereocenters. The molecule has 1 aliphatic heterocycles.